The minimum Gasteiger partial charge on any atom is -0.469 e. The maximum Gasteiger partial charge on any atom is 0.306 e. The summed E-state index contributed by atoms with van der Waals surface area (Å²) in [4.78, 5) is 24.8. The lowest BCUT2D eigenvalue weighted by Gasteiger charge is -2.35. The first-order chi connectivity index (χ1) is 13.4. The Kier molecular flexibility index (Phi) is 8.13. The summed E-state index contributed by atoms with van der Waals surface area (Å²) >= 11 is 0. The van der Waals surface area contributed by atoms with Crippen molar-refractivity contribution in [3.05, 3.63) is 33.6 Å². The van der Waals surface area contributed by atoms with E-state index in [1.54, 1.807) is 0 Å². The van der Waals surface area contributed by atoms with E-state index in [1.165, 1.54) is 26.4 Å². The van der Waals surface area contributed by atoms with E-state index in [0.29, 0.717) is 19.8 Å². The molecule has 8 nitrogen and oxygen atoms in total. The monoisotopic (exact) mass is 398 g/mol. The number of methoxy groups -OCH3 is 2. The number of carbonyl (C=O) groups is 1. The standard InChI is InChI=1S/C19H27FN2O6/c1-4-21(14-5-7-28-8-6-14)17-11-16(20)15(10-18(17)22(24)25)13(12-26-2)9-19(23)27-3/h10-11,13-14H,4-9,12H2,1-3H3. The summed E-state index contributed by atoms with van der Waals surface area (Å²) in [6, 6.07) is 2.47. The molecule has 28 heavy (non-hydrogen) atoms. The highest BCUT2D eigenvalue weighted by atomic mass is 19.1. The first kappa shape index (κ1) is 22.0. The fourth-order valence-electron chi connectivity index (χ4n) is 3.62. The number of anilines is 1. The Hall–Kier alpha value is -2.26. The second kappa shape index (κ2) is 10.3. The van der Waals surface area contributed by atoms with Gasteiger partial charge in [-0.25, -0.2) is 4.39 Å². The number of ether oxygens (including phenoxy) is 3. The summed E-state index contributed by atoms with van der Waals surface area (Å²) in [6.45, 7) is 3.58. The number of nitro benzene ring substituents is 1. The van der Waals surface area contributed by atoms with Crippen LogP contribution in [0.2, 0.25) is 0 Å². The Bertz CT molecular complexity index is 693. The predicted octanol–water partition coefficient (Wildman–Crippen LogP) is 3.03. The summed E-state index contributed by atoms with van der Waals surface area (Å²) in [6.07, 6.45) is 1.32. The molecule has 0 aliphatic carbocycles. The normalized spacial score (nSPS) is 15.9. The van der Waals surface area contributed by atoms with Gasteiger partial charge in [0.25, 0.3) is 5.69 Å². The lowest BCUT2D eigenvalue weighted by atomic mass is 9.94. The van der Waals surface area contributed by atoms with Crippen LogP contribution in [0.25, 0.3) is 0 Å². The van der Waals surface area contributed by atoms with Crippen LogP contribution in [-0.4, -0.2) is 57.5 Å². The van der Waals surface area contributed by atoms with Crippen LogP contribution in [0.4, 0.5) is 15.8 Å². The largest absolute Gasteiger partial charge is 0.469 e. The minimum atomic E-state index is -0.677. The number of carbonyl (C=O) groups excluding carboxylic acids is 1. The van der Waals surface area contributed by atoms with Crippen molar-refractivity contribution < 1.29 is 28.3 Å². The van der Waals surface area contributed by atoms with Gasteiger partial charge in [-0.1, -0.05) is 0 Å². The molecule has 1 aromatic carbocycles. The van der Waals surface area contributed by atoms with E-state index in [9.17, 15) is 14.9 Å². The van der Waals surface area contributed by atoms with Crippen molar-refractivity contribution in [3.63, 3.8) is 0 Å². The van der Waals surface area contributed by atoms with Crippen molar-refractivity contribution in [3.8, 4) is 0 Å². The van der Waals surface area contributed by atoms with Gasteiger partial charge in [0.05, 0.1) is 25.1 Å². The number of esters is 1. The summed E-state index contributed by atoms with van der Waals surface area (Å²) in [5, 5.41) is 11.8. The van der Waals surface area contributed by atoms with Gasteiger partial charge < -0.3 is 19.1 Å². The first-order valence-electron chi connectivity index (χ1n) is 9.30. The van der Waals surface area contributed by atoms with E-state index in [4.69, 9.17) is 9.47 Å². The molecular formula is C19H27FN2O6. The summed E-state index contributed by atoms with van der Waals surface area (Å²) in [5.74, 6) is -1.81. The van der Waals surface area contributed by atoms with Crippen LogP contribution in [0.15, 0.2) is 12.1 Å². The summed E-state index contributed by atoms with van der Waals surface area (Å²) in [5.41, 5.74) is 0.135. The quantitative estimate of drug-likeness (QED) is 0.359. The molecule has 156 valence electrons. The number of nitrogens with zero attached hydrogens (tertiary/aromatic N) is 2. The zero-order valence-electron chi connectivity index (χ0n) is 16.5. The second-order valence-corrected chi connectivity index (χ2v) is 6.68. The maximum atomic E-state index is 15.0. The highest BCUT2D eigenvalue weighted by molar-refractivity contribution is 5.71. The molecule has 1 heterocycles. The van der Waals surface area contributed by atoms with Crippen LogP contribution in [-0.2, 0) is 19.0 Å². The van der Waals surface area contributed by atoms with Gasteiger partial charge in [0.2, 0.25) is 0 Å². The zero-order valence-corrected chi connectivity index (χ0v) is 16.5. The molecule has 0 N–H and O–H groups in total. The Morgan fingerprint density at radius 3 is 2.61 bits per heavy atom. The number of halogens is 1. The van der Waals surface area contributed by atoms with E-state index >= 15 is 4.39 Å². The Labute approximate surface area is 163 Å². The SMILES string of the molecule is CCN(c1cc(F)c(C(COC)CC(=O)OC)cc1[N+](=O)[O-])C1CCOCC1. The smallest absolute Gasteiger partial charge is 0.306 e. The van der Waals surface area contributed by atoms with Crippen molar-refractivity contribution in [1.29, 1.82) is 0 Å². The second-order valence-electron chi connectivity index (χ2n) is 6.68. The highest BCUT2D eigenvalue weighted by Crippen LogP contribution is 2.37. The average molecular weight is 398 g/mol. The molecule has 1 atom stereocenters. The molecule has 0 saturated carbocycles. The third kappa shape index (κ3) is 5.17. The van der Waals surface area contributed by atoms with Crippen molar-refractivity contribution in [2.24, 2.45) is 0 Å². The highest BCUT2D eigenvalue weighted by Gasteiger charge is 2.30. The minimum absolute atomic E-state index is 0.0416. The molecule has 1 unspecified atom stereocenters. The van der Waals surface area contributed by atoms with Gasteiger partial charge in [-0.15, -0.1) is 0 Å². The van der Waals surface area contributed by atoms with Crippen LogP contribution in [0.3, 0.4) is 0 Å². The molecule has 0 spiro atoms. The molecule has 2 rings (SSSR count). The predicted molar refractivity (Wildman–Crippen MR) is 101 cm³/mol. The van der Waals surface area contributed by atoms with Gasteiger partial charge in [-0.2, -0.15) is 0 Å². The van der Waals surface area contributed by atoms with Gasteiger partial charge in [-0.3, -0.25) is 14.9 Å². The molecule has 0 amide bonds. The first-order valence-corrected chi connectivity index (χ1v) is 9.30. The van der Waals surface area contributed by atoms with Crippen LogP contribution in [0.5, 0.6) is 0 Å². The van der Waals surface area contributed by atoms with E-state index in [0.717, 1.165) is 12.8 Å². The molecule has 1 fully saturated rings. The zero-order chi connectivity index (χ0) is 20.7. The van der Waals surface area contributed by atoms with Gasteiger partial charge in [0.1, 0.15) is 11.5 Å². The van der Waals surface area contributed by atoms with Crippen LogP contribution < -0.4 is 4.90 Å². The van der Waals surface area contributed by atoms with Gasteiger partial charge >= 0.3 is 5.97 Å². The molecule has 1 aliphatic heterocycles. The fraction of sp³-hybridized carbons (Fsp3) is 0.632. The third-order valence-corrected chi connectivity index (χ3v) is 5.02. The Balaban J connectivity index is 2.46. The van der Waals surface area contributed by atoms with Crippen LogP contribution in [0, 0.1) is 15.9 Å². The van der Waals surface area contributed by atoms with Crippen LogP contribution in [0.1, 0.15) is 37.7 Å². The number of rotatable bonds is 9. The van der Waals surface area contributed by atoms with Crippen molar-refractivity contribution in [2.75, 3.05) is 45.5 Å². The maximum absolute atomic E-state index is 15.0. The Morgan fingerprint density at radius 2 is 2.07 bits per heavy atom. The molecule has 1 aliphatic rings. The molecule has 0 radical (unpaired) electrons. The van der Waals surface area contributed by atoms with Crippen LogP contribution >= 0.6 is 0 Å². The third-order valence-electron chi connectivity index (χ3n) is 5.02. The molecule has 0 bridgehead atoms. The van der Waals surface area contributed by atoms with E-state index < -0.39 is 22.6 Å². The van der Waals surface area contributed by atoms with Gasteiger partial charge in [-0.05, 0) is 19.8 Å². The van der Waals surface area contributed by atoms with Crippen molar-refractivity contribution >= 4 is 17.3 Å². The van der Waals surface area contributed by atoms with E-state index in [-0.39, 0.29) is 36.0 Å². The summed E-state index contributed by atoms with van der Waals surface area (Å²) < 4.78 is 30.1. The lowest BCUT2D eigenvalue weighted by Crippen LogP contribution is -2.39. The summed E-state index contributed by atoms with van der Waals surface area (Å²) in [7, 11) is 2.66. The van der Waals surface area contributed by atoms with Crippen molar-refractivity contribution in [2.45, 2.75) is 38.1 Å². The molecule has 1 saturated heterocycles. The van der Waals surface area contributed by atoms with E-state index in [1.807, 2.05) is 11.8 Å². The molecular weight excluding hydrogens is 371 g/mol. The molecule has 1 aromatic rings. The van der Waals surface area contributed by atoms with Gasteiger partial charge in [0, 0.05) is 56.5 Å². The number of benzene rings is 1. The number of hydrogen-bond donors (Lipinski definition) is 0. The molecule has 0 aromatic heterocycles. The topological polar surface area (TPSA) is 91.1 Å². The lowest BCUT2D eigenvalue weighted by molar-refractivity contribution is -0.384. The van der Waals surface area contributed by atoms with E-state index in [2.05, 4.69) is 4.74 Å². The fourth-order valence-corrected chi connectivity index (χ4v) is 3.62. The van der Waals surface area contributed by atoms with Crippen molar-refractivity contribution in [1.82, 2.24) is 0 Å². The molecule has 9 heteroatoms. The number of hydrogen-bond acceptors (Lipinski definition) is 7. The number of nitro groups is 1. The van der Waals surface area contributed by atoms with Gasteiger partial charge in [0.15, 0.2) is 0 Å². The Morgan fingerprint density at radius 1 is 1.39 bits per heavy atom. The average Bonchev–Trinajstić information content (AvgIpc) is 2.69.